The molecule has 88 valence electrons. The van der Waals surface area contributed by atoms with E-state index in [0.29, 0.717) is 0 Å². The molecule has 0 saturated carbocycles. The van der Waals surface area contributed by atoms with Crippen LogP contribution in [0.2, 0.25) is 0 Å². The van der Waals surface area contributed by atoms with Crippen LogP contribution in [-0.4, -0.2) is 21.9 Å². The van der Waals surface area contributed by atoms with Crippen molar-refractivity contribution >= 4 is 29.0 Å². The predicted molar refractivity (Wildman–Crippen MR) is 71.0 cm³/mol. The molecule has 17 heavy (non-hydrogen) atoms. The van der Waals surface area contributed by atoms with E-state index in [4.69, 9.17) is 0 Å². The molecule has 2 aromatic rings. The topological polar surface area (TPSA) is 34.9 Å². The molecule has 3 rings (SSSR count). The highest BCUT2D eigenvalue weighted by Crippen LogP contribution is 2.42. The normalized spacial score (nSPS) is 13.3. The molecule has 0 aliphatic heterocycles. The second kappa shape index (κ2) is 3.99. The van der Waals surface area contributed by atoms with Crippen molar-refractivity contribution in [3.63, 3.8) is 0 Å². The number of carbonyl (C=O) groups is 1. The Kier molecular flexibility index (Phi) is 2.60. The largest absolute Gasteiger partial charge is 0.273 e. The molecule has 0 fully saturated rings. The first-order valence-electron chi connectivity index (χ1n) is 5.45. The second-order valence-electron chi connectivity index (χ2n) is 4.09. The van der Waals surface area contributed by atoms with Crippen molar-refractivity contribution in [2.75, 3.05) is 6.26 Å². The smallest absolute Gasteiger partial charge is 0.243 e. The maximum absolute atomic E-state index is 11.4. The summed E-state index contributed by atoms with van der Waals surface area (Å²) in [5.74, 6) is -0.0260. The highest BCUT2D eigenvalue weighted by Gasteiger charge is 2.24. The lowest BCUT2D eigenvalue weighted by Crippen LogP contribution is -2.05. The van der Waals surface area contributed by atoms with Gasteiger partial charge < -0.3 is 0 Å². The van der Waals surface area contributed by atoms with Crippen LogP contribution in [0.5, 0.6) is 0 Å². The van der Waals surface area contributed by atoms with E-state index >= 15 is 0 Å². The molecule has 0 radical (unpaired) electrons. The van der Waals surface area contributed by atoms with Gasteiger partial charge in [-0.3, -0.25) is 4.79 Å². The molecule has 0 unspecified atom stereocenters. The molecular formula is C12H12N2OS2. The number of aryl methyl sites for hydroxylation is 2. The van der Waals surface area contributed by atoms with Crippen molar-refractivity contribution in [3.8, 4) is 11.3 Å². The Morgan fingerprint density at radius 1 is 1.47 bits per heavy atom. The summed E-state index contributed by atoms with van der Waals surface area (Å²) in [5, 5.41) is 6.65. The fourth-order valence-electron chi connectivity index (χ4n) is 2.19. The molecule has 1 aliphatic rings. The number of thioether (sulfide) groups is 1. The van der Waals surface area contributed by atoms with Crippen LogP contribution in [0.25, 0.3) is 11.3 Å². The molecule has 2 heterocycles. The minimum absolute atomic E-state index is 0.0260. The third-order valence-corrected chi connectivity index (χ3v) is 5.22. The van der Waals surface area contributed by atoms with Gasteiger partial charge in [0.2, 0.25) is 5.91 Å². The van der Waals surface area contributed by atoms with Gasteiger partial charge in [0, 0.05) is 18.7 Å². The van der Waals surface area contributed by atoms with Gasteiger partial charge in [-0.25, -0.2) is 4.68 Å². The summed E-state index contributed by atoms with van der Waals surface area (Å²) in [7, 11) is 0. The summed E-state index contributed by atoms with van der Waals surface area (Å²) in [6, 6.07) is 0. The van der Waals surface area contributed by atoms with E-state index in [1.807, 2.05) is 6.20 Å². The summed E-state index contributed by atoms with van der Waals surface area (Å²) >= 11 is 3.53. The zero-order chi connectivity index (χ0) is 12.0. The van der Waals surface area contributed by atoms with Gasteiger partial charge in [0.15, 0.2) is 0 Å². The van der Waals surface area contributed by atoms with Crippen molar-refractivity contribution in [2.24, 2.45) is 0 Å². The van der Waals surface area contributed by atoms with E-state index in [-0.39, 0.29) is 5.91 Å². The molecule has 0 spiro atoms. The van der Waals surface area contributed by atoms with E-state index in [1.165, 1.54) is 25.6 Å². The lowest BCUT2D eigenvalue weighted by Gasteiger charge is -2.11. The average molecular weight is 264 g/mol. The minimum Gasteiger partial charge on any atom is -0.273 e. The molecule has 0 saturated heterocycles. The molecule has 2 aromatic heterocycles. The summed E-state index contributed by atoms with van der Waals surface area (Å²) in [4.78, 5) is 11.4. The third kappa shape index (κ3) is 1.65. The van der Waals surface area contributed by atoms with E-state index in [0.717, 1.165) is 18.5 Å². The van der Waals surface area contributed by atoms with Crippen LogP contribution in [0, 0.1) is 0 Å². The number of nitrogens with zero attached hydrogens (tertiary/aromatic N) is 2. The van der Waals surface area contributed by atoms with Gasteiger partial charge in [-0.15, -0.1) is 23.1 Å². The lowest BCUT2D eigenvalue weighted by molar-refractivity contribution is 0.0921. The van der Waals surface area contributed by atoms with Crippen LogP contribution in [0.3, 0.4) is 0 Å². The summed E-state index contributed by atoms with van der Waals surface area (Å²) in [6.45, 7) is 1.54. The van der Waals surface area contributed by atoms with Gasteiger partial charge in [-0.1, -0.05) is 0 Å². The molecular weight excluding hydrogens is 252 g/mol. The van der Waals surface area contributed by atoms with Crippen molar-refractivity contribution in [2.45, 2.75) is 24.0 Å². The highest BCUT2D eigenvalue weighted by atomic mass is 32.2. The molecule has 0 aromatic carbocycles. The number of aromatic nitrogens is 2. The third-order valence-electron chi connectivity index (χ3n) is 3.03. The van der Waals surface area contributed by atoms with Gasteiger partial charge in [0.25, 0.3) is 0 Å². The fourth-order valence-corrected chi connectivity index (χ4v) is 3.98. The molecule has 5 heteroatoms. The Morgan fingerprint density at radius 3 is 2.94 bits per heavy atom. The van der Waals surface area contributed by atoms with E-state index in [1.54, 1.807) is 30.0 Å². The van der Waals surface area contributed by atoms with Crippen LogP contribution in [0.1, 0.15) is 22.8 Å². The van der Waals surface area contributed by atoms with E-state index in [9.17, 15) is 4.79 Å². The van der Waals surface area contributed by atoms with Crippen molar-refractivity contribution in [3.05, 3.63) is 22.7 Å². The van der Waals surface area contributed by atoms with Crippen LogP contribution >= 0.6 is 23.1 Å². The van der Waals surface area contributed by atoms with Crippen LogP contribution in [-0.2, 0) is 12.8 Å². The Hall–Kier alpha value is -1.07. The summed E-state index contributed by atoms with van der Waals surface area (Å²) < 4.78 is 2.76. The van der Waals surface area contributed by atoms with Crippen molar-refractivity contribution in [1.82, 2.24) is 9.78 Å². The Balaban J connectivity index is 2.20. The fraction of sp³-hybridized carbons (Fsp3) is 0.333. The Labute approximate surface area is 108 Å². The molecule has 0 bridgehead atoms. The molecule has 3 nitrogen and oxygen atoms in total. The van der Waals surface area contributed by atoms with Crippen molar-refractivity contribution in [1.29, 1.82) is 0 Å². The number of rotatable bonds is 1. The number of thiophene rings is 1. The zero-order valence-corrected chi connectivity index (χ0v) is 11.3. The van der Waals surface area contributed by atoms with Gasteiger partial charge in [-0.2, -0.15) is 5.10 Å². The zero-order valence-electron chi connectivity index (χ0n) is 9.69. The van der Waals surface area contributed by atoms with Gasteiger partial charge in [0.05, 0.1) is 9.90 Å². The molecule has 0 N–H and O–H groups in total. The SMILES string of the molecule is CSc1scc2c1-c1nn(C(C)=O)cc1CC2. The van der Waals surface area contributed by atoms with Crippen LogP contribution in [0.15, 0.2) is 15.8 Å². The highest BCUT2D eigenvalue weighted by molar-refractivity contribution is 8.00. The van der Waals surface area contributed by atoms with Gasteiger partial charge in [-0.05, 0) is 35.6 Å². The van der Waals surface area contributed by atoms with Gasteiger partial charge >= 0.3 is 0 Å². The summed E-state index contributed by atoms with van der Waals surface area (Å²) in [5.41, 5.74) is 4.83. The first-order chi connectivity index (χ1) is 8.20. The maximum Gasteiger partial charge on any atom is 0.243 e. The number of carbonyl (C=O) groups excluding carboxylic acids is 1. The maximum atomic E-state index is 11.4. The molecule has 0 amide bonds. The molecule has 1 aliphatic carbocycles. The second-order valence-corrected chi connectivity index (χ2v) is 6.05. The van der Waals surface area contributed by atoms with Crippen LogP contribution < -0.4 is 0 Å². The Morgan fingerprint density at radius 2 is 2.24 bits per heavy atom. The number of hydrogen-bond donors (Lipinski definition) is 0. The lowest BCUT2D eigenvalue weighted by atomic mass is 9.94. The number of fused-ring (bicyclic) bond motifs is 3. The minimum atomic E-state index is -0.0260. The first kappa shape index (κ1) is 11.0. The Bertz CT molecular complexity index is 584. The average Bonchev–Trinajstić information content (AvgIpc) is 2.91. The van der Waals surface area contributed by atoms with Crippen molar-refractivity contribution < 1.29 is 4.79 Å². The van der Waals surface area contributed by atoms with E-state index < -0.39 is 0 Å². The predicted octanol–water partition coefficient (Wildman–Crippen LogP) is 3.09. The quantitative estimate of drug-likeness (QED) is 0.742. The number of hydrogen-bond acceptors (Lipinski definition) is 4. The van der Waals surface area contributed by atoms with Crippen LogP contribution in [0.4, 0.5) is 0 Å². The first-order valence-corrected chi connectivity index (χ1v) is 7.55. The monoisotopic (exact) mass is 264 g/mol. The van der Waals surface area contributed by atoms with E-state index in [2.05, 4.69) is 16.7 Å². The van der Waals surface area contributed by atoms with Gasteiger partial charge in [0.1, 0.15) is 0 Å². The summed E-state index contributed by atoms with van der Waals surface area (Å²) in [6.07, 6.45) is 6.01. The molecule has 0 atom stereocenters. The standard InChI is InChI=1S/C12H12N2OS2/c1-7(15)14-5-8-3-4-9-6-17-12(16-2)10(9)11(8)13-14/h5-6H,3-4H2,1-2H3.